The second kappa shape index (κ2) is 29.0. The van der Waals surface area contributed by atoms with Gasteiger partial charge in [0, 0.05) is 13.1 Å². The first-order chi connectivity index (χ1) is 34.6. The van der Waals surface area contributed by atoms with Gasteiger partial charge in [-0.05, 0) is 162 Å². The van der Waals surface area contributed by atoms with Gasteiger partial charge in [0.05, 0.1) is 78.8 Å². The number of hydrogen-bond donors (Lipinski definition) is 0. The average molecular weight is 995 g/mol. The van der Waals surface area contributed by atoms with Crippen molar-refractivity contribution in [2.45, 2.75) is 103 Å². The third-order valence-corrected chi connectivity index (χ3v) is 13.8. The van der Waals surface area contributed by atoms with Gasteiger partial charge in [0.2, 0.25) is 0 Å². The van der Waals surface area contributed by atoms with Gasteiger partial charge in [-0.1, -0.05) is 52.0 Å². The summed E-state index contributed by atoms with van der Waals surface area (Å²) in [5.74, 6) is 5.24. The lowest BCUT2D eigenvalue weighted by atomic mass is 9.69. The molecule has 0 aliphatic heterocycles. The van der Waals surface area contributed by atoms with Crippen molar-refractivity contribution in [3.8, 4) is 58.1 Å². The van der Waals surface area contributed by atoms with Crippen LogP contribution in [0.3, 0.4) is 0 Å². The molecule has 0 N–H and O–H groups in total. The minimum Gasteiger partial charge on any atom is -0.493 e. The van der Waals surface area contributed by atoms with E-state index in [2.05, 4.69) is 75.9 Å². The summed E-state index contributed by atoms with van der Waals surface area (Å²) < 4.78 is 57.6. The predicted molar refractivity (Wildman–Crippen MR) is 282 cm³/mol. The summed E-state index contributed by atoms with van der Waals surface area (Å²) in [7, 11) is 14.0. The normalized spacial score (nSPS) is 13.9. The lowest BCUT2D eigenvalue weighted by molar-refractivity contribution is -0.120. The van der Waals surface area contributed by atoms with Crippen molar-refractivity contribution >= 4 is 0 Å². The molecule has 14 heteroatoms. The van der Waals surface area contributed by atoms with E-state index in [-0.39, 0.29) is 25.0 Å². The summed E-state index contributed by atoms with van der Waals surface area (Å²) >= 11 is 0. The molecule has 0 aliphatic rings. The maximum atomic E-state index is 10.5. The van der Waals surface area contributed by atoms with Gasteiger partial charge >= 0.3 is 0 Å². The standard InChI is InChI=1S/C58H82N4O10/c1-41(2)57(39-59,47-19-23-49(63-9)55(37-47)67-13)27-15-29-61(7)31-25-45-17-21-51(53(35-45)65-11)71-43(5)69-33-34-70-44(6)72-52-22-18-46(36-54(52)66-12)26-32-62(8)30-16-28-58(40-60,42(3)4)48-20-24-50(64-10)56(38-48)68-14/h17-24,35-38,41-44H,15-16,25-34H2,1-14H3. The zero-order chi connectivity index (χ0) is 52.8. The first-order valence-electron chi connectivity index (χ1n) is 25.1. The maximum Gasteiger partial charge on any atom is 0.197 e. The molecule has 72 heavy (non-hydrogen) atoms. The Hall–Kier alpha value is -5.90. The summed E-state index contributed by atoms with van der Waals surface area (Å²) in [6.45, 7) is 16.1. The number of methoxy groups -OCH3 is 6. The molecule has 0 bridgehead atoms. The van der Waals surface area contributed by atoms with Crippen molar-refractivity contribution in [1.82, 2.24) is 9.80 Å². The van der Waals surface area contributed by atoms with Gasteiger partial charge < -0.3 is 57.2 Å². The monoisotopic (exact) mass is 995 g/mol. The van der Waals surface area contributed by atoms with Crippen LogP contribution in [-0.2, 0) is 33.1 Å². The SMILES string of the molecule is COc1ccc(C(C#N)(CCCN(C)CCc2ccc(OC(C)OCCOC(C)Oc3ccc(CCN(C)CCCC(C#N)(c4ccc(OC)c(OC)c4)C(C)C)cc3OC)c(OC)c2)C(C)C)cc1OC. The number of ether oxygens (including phenoxy) is 10. The molecule has 0 amide bonds. The molecule has 4 aromatic carbocycles. The fourth-order valence-corrected chi connectivity index (χ4v) is 9.16. The lowest BCUT2D eigenvalue weighted by Crippen LogP contribution is -2.32. The molecular weight excluding hydrogens is 913 g/mol. The Morgan fingerprint density at radius 2 is 0.778 bits per heavy atom. The number of nitrogens with zero attached hydrogens (tertiary/aromatic N) is 4. The van der Waals surface area contributed by atoms with Crippen molar-refractivity contribution in [3.05, 3.63) is 95.1 Å². The Morgan fingerprint density at radius 1 is 0.444 bits per heavy atom. The van der Waals surface area contributed by atoms with Crippen LogP contribution in [0.2, 0.25) is 0 Å². The van der Waals surface area contributed by atoms with E-state index >= 15 is 0 Å². The average Bonchev–Trinajstić information content (AvgIpc) is 3.38. The summed E-state index contributed by atoms with van der Waals surface area (Å²) in [5.41, 5.74) is 2.86. The molecule has 4 unspecified atom stereocenters. The minimum atomic E-state index is -0.643. The highest BCUT2D eigenvalue weighted by Crippen LogP contribution is 2.42. The molecule has 4 rings (SSSR count). The number of benzene rings is 4. The first kappa shape index (κ1) is 58.7. The molecule has 0 saturated carbocycles. The van der Waals surface area contributed by atoms with E-state index in [4.69, 9.17) is 47.4 Å². The molecule has 0 aliphatic carbocycles. The topological polar surface area (TPSA) is 146 Å². The van der Waals surface area contributed by atoms with Crippen LogP contribution >= 0.6 is 0 Å². The van der Waals surface area contributed by atoms with E-state index in [0.717, 1.165) is 87.0 Å². The molecule has 0 aromatic heterocycles. The molecule has 14 nitrogen and oxygen atoms in total. The molecule has 0 heterocycles. The van der Waals surface area contributed by atoms with E-state index in [1.807, 2.05) is 74.5 Å². The van der Waals surface area contributed by atoms with Crippen LogP contribution in [-0.4, -0.2) is 119 Å². The van der Waals surface area contributed by atoms with Crippen molar-refractivity contribution in [2.75, 3.05) is 96.1 Å². The fourth-order valence-electron chi connectivity index (χ4n) is 9.16. The Balaban J connectivity index is 1.18. The highest BCUT2D eigenvalue weighted by molar-refractivity contribution is 5.49. The van der Waals surface area contributed by atoms with E-state index in [1.54, 1.807) is 42.7 Å². The second-order valence-corrected chi connectivity index (χ2v) is 19.0. The molecule has 4 atom stereocenters. The Morgan fingerprint density at radius 3 is 1.10 bits per heavy atom. The Labute approximate surface area is 430 Å². The first-order valence-corrected chi connectivity index (χ1v) is 25.1. The fraction of sp³-hybridized carbons (Fsp3) is 0.552. The molecule has 0 saturated heterocycles. The van der Waals surface area contributed by atoms with Gasteiger partial charge in [-0.15, -0.1) is 0 Å². The van der Waals surface area contributed by atoms with Crippen LogP contribution in [0.15, 0.2) is 72.8 Å². The number of rotatable bonds is 33. The highest BCUT2D eigenvalue weighted by Gasteiger charge is 2.37. The van der Waals surface area contributed by atoms with Crippen LogP contribution in [0.4, 0.5) is 0 Å². The molecule has 0 fully saturated rings. The van der Waals surface area contributed by atoms with E-state index < -0.39 is 23.4 Å². The molecule has 394 valence electrons. The summed E-state index contributed by atoms with van der Waals surface area (Å²) in [4.78, 5) is 4.60. The quantitative estimate of drug-likeness (QED) is 0.0329. The largest absolute Gasteiger partial charge is 0.493 e. The van der Waals surface area contributed by atoms with E-state index in [9.17, 15) is 10.5 Å². The minimum absolute atomic E-state index is 0.113. The van der Waals surface area contributed by atoms with Gasteiger partial charge in [0.25, 0.3) is 0 Å². The molecule has 0 spiro atoms. The van der Waals surface area contributed by atoms with Crippen molar-refractivity contribution < 1.29 is 47.4 Å². The van der Waals surface area contributed by atoms with Crippen LogP contribution < -0.4 is 37.9 Å². The van der Waals surface area contributed by atoms with Gasteiger partial charge in [-0.3, -0.25) is 0 Å². The van der Waals surface area contributed by atoms with Crippen molar-refractivity contribution in [2.24, 2.45) is 11.8 Å². The summed E-state index contributed by atoms with van der Waals surface area (Å²) in [6, 6.07) is 28.9. The van der Waals surface area contributed by atoms with Crippen LogP contribution in [0.5, 0.6) is 46.0 Å². The Kier molecular flexibility index (Phi) is 23.6. The third-order valence-electron chi connectivity index (χ3n) is 13.8. The predicted octanol–water partition coefficient (Wildman–Crippen LogP) is 10.7. The number of nitriles is 2. The van der Waals surface area contributed by atoms with Gasteiger partial charge in [-0.25, -0.2) is 0 Å². The third kappa shape index (κ3) is 15.8. The van der Waals surface area contributed by atoms with Crippen molar-refractivity contribution in [3.63, 3.8) is 0 Å². The molecule has 0 radical (unpaired) electrons. The number of likely N-dealkylation sites (N-methyl/N-ethyl adjacent to an activating group) is 2. The van der Waals surface area contributed by atoms with Crippen LogP contribution in [0, 0.1) is 34.5 Å². The Bertz CT molecular complexity index is 2200. The van der Waals surface area contributed by atoms with Crippen LogP contribution in [0.25, 0.3) is 0 Å². The van der Waals surface area contributed by atoms with Gasteiger partial charge in [0.15, 0.2) is 58.6 Å². The van der Waals surface area contributed by atoms with Gasteiger partial charge in [0.1, 0.15) is 0 Å². The van der Waals surface area contributed by atoms with Gasteiger partial charge in [-0.2, -0.15) is 10.5 Å². The number of hydrogen-bond acceptors (Lipinski definition) is 14. The smallest absolute Gasteiger partial charge is 0.197 e. The summed E-state index contributed by atoms with van der Waals surface area (Å²) in [6.07, 6.45) is 3.72. The lowest BCUT2D eigenvalue weighted by Gasteiger charge is -2.32. The zero-order valence-corrected chi connectivity index (χ0v) is 45.6. The van der Waals surface area contributed by atoms with Crippen LogP contribution in [0.1, 0.15) is 89.5 Å². The highest BCUT2D eigenvalue weighted by atomic mass is 16.7. The van der Waals surface area contributed by atoms with Crippen molar-refractivity contribution in [1.29, 1.82) is 10.5 Å². The van der Waals surface area contributed by atoms with E-state index in [0.29, 0.717) is 46.0 Å². The van der Waals surface area contributed by atoms with E-state index in [1.165, 1.54) is 0 Å². The molecule has 4 aromatic rings. The summed E-state index contributed by atoms with van der Waals surface area (Å²) in [5, 5.41) is 21.0. The molecular formula is C58H82N4O10. The second-order valence-electron chi connectivity index (χ2n) is 19.0. The maximum absolute atomic E-state index is 10.5. The zero-order valence-electron chi connectivity index (χ0n) is 45.6.